The number of hydrogen-bond donors (Lipinski definition) is 3. The van der Waals surface area contributed by atoms with Crippen LogP contribution in [-0.2, 0) is 11.3 Å². The molecule has 0 spiro atoms. The van der Waals surface area contributed by atoms with Gasteiger partial charge in [0.05, 0.1) is 6.61 Å². The molecule has 0 unspecified atom stereocenters. The van der Waals surface area contributed by atoms with Crippen molar-refractivity contribution in [3.63, 3.8) is 0 Å². The van der Waals surface area contributed by atoms with E-state index in [0.29, 0.717) is 19.1 Å². The van der Waals surface area contributed by atoms with Crippen LogP contribution in [0.15, 0.2) is 18.2 Å². The van der Waals surface area contributed by atoms with Crippen LogP contribution >= 0.6 is 0 Å². The molecule has 0 saturated carbocycles. The predicted molar refractivity (Wildman–Crippen MR) is 67.1 cm³/mol. The normalized spacial score (nSPS) is 11.0. The summed E-state index contributed by atoms with van der Waals surface area (Å²) in [6.45, 7) is 7.12. The van der Waals surface area contributed by atoms with E-state index in [0.717, 1.165) is 18.7 Å². The Balaban J connectivity index is 2.16. The molecular formula is C13H21NO3. The first-order valence-corrected chi connectivity index (χ1v) is 5.89. The van der Waals surface area contributed by atoms with Gasteiger partial charge in [0.2, 0.25) is 0 Å². The average molecular weight is 239 g/mol. The third-order valence-corrected chi connectivity index (χ3v) is 2.24. The number of nitrogens with one attached hydrogen (secondary N) is 1. The van der Waals surface area contributed by atoms with E-state index in [-0.39, 0.29) is 11.5 Å². The monoisotopic (exact) mass is 239 g/mol. The fraction of sp³-hybridized carbons (Fsp3) is 0.538. The molecular weight excluding hydrogens is 218 g/mol. The van der Waals surface area contributed by atoms with Crippen molar-refractivity contribution in [2.75, 3.05) is 19.8 Å². The summed E-state index contributed by atoms with van der Waals surface area (Å²) in [5.74, 6) is 0.387. The summed E-state index contributed by atoms with van der Waals surface area (Å²) in [5, 5.41) is 21.7. The maximum absolute atomic E-state index is 9.30. The molecule has 1 aromatic carbocycles. The van der Waals surface area contributed by atoms with Crippen LogP contribution in [0.5, 0.6) is 11.5 Å². The van der Waals surface area contributed by atoms with Gasteiger partial charge in [-0.1, -0.05) is 19.9 Å². The minimum absolute atomic E-state index is 0.0830. The summed E-state index contributed by atoms with van der Waals surface area (Å²) >= 11 is 0. The van der Waals surface area contributed by atoms with Gasteiger partial charge in [-0.25, -0.2) is 0 Å². The van der Waals surface area contributed by atoms with Crippen molar-refractivity contribution in [3.05, 3.63) is 23.8 Å². The van der Waals surface area contributed by atoms with E-state index < -0.39 is 0 Å². The fourth-order valence-electron chi connectivity index (χ4n) is 1.38. The van der Waals surface area contributed by atoms with Crippen molar-refractivity contribution in [2.24, 2.45) is 5.92 Å². The van der Waals surface area contributed by atoms with Crippen LogP contribution in [0.1, 0.15) is 19.4 Å². The molecule has 0 heterocycles. The van der Waals surface area contributed by atoms with Crippen molar-refractivity contribution in [1.29, 1.82) is 0 Å². The van der Waals surface area contributed by atoms with Crippen molar-refractivity contribution in [2.45, 2.75) is 20.4 Å². The number of hydrogen-bond acceptors (Lipinski definition) is 4. The fourth-order valence-corrected chi connectivity index (χ4v) is 1.38. The summed E-state index contributed by atoms with van der Waals surface area (Å²) in [7, 11) is 0. The molecule has 0 amide bonds. The third-order valence-electron chi connectivity index (χ3n) is 2.24. The quantitative estimate of drug-likeness (QED) is 0.502. The maximum atomic E-state index is 9.30. The van der Waals surface area contributed by atoms with E-state index in [2.05, 4.69) is 19.2 Å². The van der Waals surface area contributed by atoms with Crippen LogP contribution in [-0.4, -0.2) is 30.0 Å². The molecule has 1 rings (SSSR count). The van der Waals surface area contributed by atoms with Crippen LogP contribution in [0.4, 0.5) is 0 Å². The topological polar surface area (TPSA) is 61.7 Å². The van der Waals surface area contributed by atoms with Gasteiger partial charge in [-0.3, -0.25) is 0 Å². The molecule has 1 aromatic rings. The number of phenols is 2. The SMILES string of the molecule is CC(C)COCCNCc1ccc(O)c(O)c1. The van der Waals surface area contributed by atoms with Crippen LogP contribution in [0, 0.1) is 5.92 Å². The van der Waals surface area contributed by atoms with E-state index in [1.807, 2.05) is 0 Å². The lowest BCUT2D eigenvalue weighted by molar-refractivity contribution is 0.111. The summed E-state index contributed by atoms with van der Waals surface area (Å²) in [6.07, 6.45) is 0. The molecule has 17 heavy (non-hydrogen) atoms. The number of ether oxygens (including phenoxy) is 1. The Kier molecular flexibility index (Phi) is 5.80. The van der Waals surface area contributed by atoms with Crippen molar-refractivity contribution < 1.29 is 14.9 Å². The Hall–Kier alpha value is -1.26. The first kappa shape index (κ1) is 13.8. The summed E-state index contributed by atoms with van der Waals surface area (Å²) in [5.41, 5.74) is 0.934. The van der Waals surface area contributed by atoms with Crippen LogP contribution in [0.2, 0.25) is 0 Å². The summed E-state index contributed by atoms with van der Waals surface area (Å²) in [4.78, 5) is 0. The minimum Gasteiger partial charge on any atom is -0.504 e. The lowest BCUT2D eigenvalue weighted by Gasteiger charge is -2.08. The standard InChI is InChI=1S/C13H21NO3/c1-10(2)9-17-6-5-14-8-11-3-4-12(15)13(16)7-11/h3-4,7,10,14-16H,5-6,8-9H2,1-2H3. The minimum atomic E-state index is -0.0889. The largest absolute Gasteiger partial charge is 0.504 e. The van der Waals surface area contributed by atoms with Crippen molar-refractivity contribution >= 4 is 0 Å². The molecule has 3 N–H and O–H groups in total. The lowest BCUT2D eigenvalue weighted by atomic mass is 10.2. The Morgan fingerprint density at radius 1 is 1.24 bits per heavy atom. The van der Waals surface area contributed by atoms with Gasteiger partial charge in [0.25, 0.3) is 0 Å². The smallest absolute Gasteiger partial charge is 0.157 e. The zero-order valence-corrected chi connectivity index (χ0v) is 10.4. The van der Waals surface area contributed by atoms with E-state index >= 15 is 0 Å². The number of phenolic OH excluding ortho intramolecular Hbond substituents is 2. The second-order valence-electron chi connectivity index (χ2n) is 4.47. The molecule has 4 nitrogen and oxygen atoms in total. The lowest BCUT2D eigenvalue weighted by Crippen LogP contribution is -2.20. The van der Waals surface area contributed by atoms with Crippen LogP contribution in [0.25, 0.3) is 0 Å². The van der Waals surface area contributed by atoms with Crippen molar-refractivity contribution in [3.8, 4) is 11.5 Å². The van der Waals surface area contributed by atoms with Crippen molar-refractivity contribution in [1.82, 2.24) is 5.32 Å². The molecule has 0 bridgehead atoms. The number of benzene rings is 1. The van der Waals surface area contributed by atoms with E-state index in [1.54, 1.807) is 12.1 Å². The maximum Gasteiger partial charge on any atom is 0.157 e. The molecule has 0 radical (unpaired) electrons. The predicted octanol–water partition coefficient (Wildman–Crippen LogP) is 1.86. The molecule has 0 aliphatic rings. The molecule has 0 aliphatic heterocycles. The highest BCUT2D eigenvalue weighted by atomic mass is 16.5. The van der Waals surface area contributed by atoms with Gasteiger partial charge in [-0.15, -0.1) is 0 Å². The highest BCUT2D eigenvalue weighted by Gasteiger charge is 2.00. The van der Waals surface area contributed by atoms with E-state index in [9.17, 15) is 5.11 Å². The van der Waals surface area contributed by atoms with Gasteiger partial charge in [0.15, 0.2) is 11.5 Å². The van der Waals surface area contributed by atoms with Crippen LogP contribution in [0.3, 0.4) is 0 Å². The molecule has 4 heteroatoms. The van der Waals surface area contributed by atoms with Gasteiger partial charge in [0.1, 0.15) is 0 Å². The number of rotatable bonds is 7. The Morgan fingerprint density at radius 2 is 2.00 bits per heavy atom. The van der Waals surface area contributed by atoms with Gasteiger partial charge >= 0.3 is 0 Å². The van der Waals surface area contributed by atoms with Crippen LogP contribution < -0.4 is 5.32 Å². The summed E-state index contributed by atoms with van der Waals surface area (Å²) < 4.78 is 5.42. The molecule has 0 aromatic heterocycles. The average Bonchev–Trinajstić information content (AvgIpc) is 2.27. The molecule has 0 fully saturated rings. The third kappa shape index (κ3) is 5.56. The Morgan fingerprint density at radius 3 is 2.65 bits per heavy atom. The Bertz CT molecular complexity index is 339. The van der Waals surface area contributed by atoms with Gasteiger partial charge in [-0.2, -0.15) is 0 Å². The van der Waals surface area contributed by atoms with Gasteiger partial charge < -0.3 is 20.3 Å². The highest BCUT2D eigenvalue weighted by molar-refractivity contribution is 5.40. The first-order chi connectivity index (χ1) is 8.09. The summed E-state index contributed by atoms with van der Waals surface area (Å²) in [6, 6.07) is 4.82. The molecule has 0 aliphatic carbocycles. The molecule has 0 saturated heterocycles. The zero-order valence-electron chi connectivity index (χ0n) is 10.4. The van der Waals surface area contributed by atoms with E-state index in [4.69, 9.17) is 9.84 Å². The Labute approximate surface area is 102 Å². The molecule has 96 valence electrons. The zero-order chi connectivity index (χ0) is 12.7. The first-order valence-electron chi connectivity index (χ1n) is 5.89. The second kappa shape index (κ2) is 7.14. The number of aromatic hydroxyl groups is 2. The highest BCUT2D eigenvalue weighted by Crippen LogP contribution is 2.24. The van der Waals surface area contributed by atoms with Gasteiger partial charge in [-0.05, 0) is 23.6 Å². The van der Waals surface area contributed by atoms with E-state index in [1.165, 1.54) is 6.07 Å². The molecule has 0 atom stereocenters. The second-order valence-corrected chi connectivity index (χ2v) is 4.47. The van der Waals surface area contributed by atoms with Gasteiger partial charge in [0, 0.05) is 19.7 Å².